The molecule has 2 aromatic carbocycles. The lowest BCUT2D eigenvalue weighted by molar-refractivity contribution is -0.137. The lowest BCUT2D eigenvalue weighted by Crippen LogP contribution is -2.45. The van der Waals surface area contributed by atoms with Crippen LogP contribution in [0.5, 0.6) is 5.88 Å². The van der Waals surface area contributed by atoms with Gasteiger partial charge in [-0.15, -0.1) is 0 Å². The van der Waals surface area contributed by atoms with Gasteiger partial charge in [-0.3, -0.25) is 9.59 Å². The van der Waals surface area contributed by atoms with Gasteiger partial charge in [0, 0.05) is 11.1 Å². The molecular formula is C26H29ClFN3O5. The van der Waals surface area contributed by atoms with Crippen molar-refractivity contribution in [1.82, 2.24) is 15.1 Å². The lowest BCUT2D eigenvalue weighted by Gasteiger charge is -2.36. The SMILES string of the molecule is CC(C)(C)C(C)(O)COc1cc(C(=O)NC(CC(=O)O)c2ccccc2Cl)nn1-c1cccc(F)c1. The Morgan fingerprint density at radius 1 is 1.14 bits per heavy atom. The normalized spacial score (nSPS) is 14.1. The number of carbonyl (C=O) groups excluding carboxylic acids is 1. The number of ether oxygens (including phenoxy) is 1. The van der Waals surface area contributed by atoms with Crippen molar-refractivity contribution in [3.63, 3.8) is 0 Å². The summed E-state index contributed by atoms with van der Waals surface area (Å²) >= 11 is 6.23. The fourth-order valence-electron chi connectivity index (χ4n) is 3.20. The van der Waals surface area contributed by atoms with E-state index in [4.69, 9.17) is 16.3 Å². The first-order valence-corrected chi connectivity index (χ1v) is 11.6. The highest BCUT2D eigenvalue weighted by molar-refractivity contribution is 6.31. The second-order valence-electron chi connectivity index (χ2n) is 9.72. The highest BCUT2D eigenvalue weighted by Crippen LogP contribution is 2.31. The number of benzene rings is 2. The third kappa shape index (κ3) is 6.41. The summed E-state index contributed by atoms with van der Waals surface area (Å²) in [5.74, 6) is -2.22. The number of halogens is 2. The second kappa shape index (κ2) is 10.7. The first-order valence-electron chi connectivity index (χ1n) is 11.3. The summed E-state index contributed by atoms with van der Waals surface area (Å²) in [6.45, 7) is 7.08. The van der Waals surface area contributed by atoms with E-state index in [2.05, 4.69) is 10.4 Å². The Morgan fingerprint density at radius 3 is 2.44 bits per heavy atom. The quantitative estimate of drug-likeness (QED) is 0.376. The molecule has 0 bridgehead atoms. The van der Waals surface area contributed by atoms with E-state index in [9.17, 15) is 24.2 Å². The number of amides is 1. The van der Waals surface area contributed by atoms with Gasteiger partial charge in [-0.05, 0) is 42.2 Å². The van der Waals surface area contributed by atoms with Crippen LogP contribution in [0.4, 0.5) is 4.39 Å². The molecule has 0 radical (unpaired) electrons. The van der Waals surface area contributed by atoms with Crippen molar-refractivity contribution in [2.75, 3.05) is 6.61 Å². The lowest BCUT2D eigenvalue weighted by atomic mass is 9.78. The number of hydrogen-bond acceptors (Lipinski definition) is 5. The van der Waals surface area contributed by atoms with Crippen LogP contribution in [0.2, 0.25) is 5.02 Å². The molecule has 10 heteroatoms. The molecule has 1 heterocycles. The summed E-state index contributed by atoms with van der Waals surface area (Å²) in [7, 11) is 0. The predicted molar refractivity (Wildman–Crippen MR) is 133 cm³/mol. The van der Waals surface area contributed by atoms with E-state index < -0.39 is 41.2 Å². The van der Waals surface area contributed by atoms with Gasteiger partial charge in [0.25, 0.3) is 5.91 Å². The highest BCUT2D eigenvalue weighted by Gasteiger charge is 2.36. The van der Waals surface area contributed by atoms with Crippen molar-refractivity contribution in [2.24, 2.45) is 5.41 Å². The van der Waals surface area contributed by atoms with Gasteiger partial charge in [0.05, 0.1) is 18.2 Å². The van der Waals surface area contributed by atoms with Gasteiger partial charge in [-0.1, -0.05) is 56.6 Å². The Bertz CT molecular complexity index is 1250. The van der Waals surface area contributed by atoms with Gasteiger partial charge in [-0.25, -0.2) is 9.07 Å². The molecule has 1 amide bonds. The molecule has 0 aliphatic heterocycles. The van der Waals surface area contributed by atoms with Crippen molar-refractivity contribution in [1.29, 1.82) is 0 Å². The van der Waals surface area contributed by atoms with Crippen LogP contribution in [-0.2, 0) is 4.79 Å². The van der Waals surface area contributed by atoms with E-state index in [0.29, 0.717) is 16.3 Å². The minimum atomic E-state index is -1.23. The summed E-state index contributed by atoms with van der Waals surface area (Å²) in [6, 6.07) is 12.6. The average Bonchev–Trinajstić information content (AvgIpc) is 3.21. The van der Waals surface area contributed by atoms with E-state index in [1.54, 1.807) is 37.3 Å². The van der Waals surface area contributed by atoms with Crippen LogP contribution < -0.4 is 10.1 Å². The maximum Gasteiger partial charge on any atom is 0.305 e. The Hall–Kier alpha value is -3.43. The molecule has 8 nitrogen and oxygen atoms in total. The van der Waals surface area contributed by atoms with Crippen molar-refractivity contribution in [2.45, 2.75) is 45.8 Å². The molecule has 2 unspecified atom stereocenters. The van der Waals surface area contributed by atoms with Gasteiger partial charge in [0.15, 0.2) is 5.69 Å². The van der Waals surface area contributed by atoms with Crippen LogP contribution in [0.3, 0.4) is 0 Å². The number of nitrogens with one attached hydrogen (secondary N) is 1. The molecule has 0 fully saturated rings. The number of rotatable bonds is 9. The largest absolute Gasteiger partial charge is 0.481 e. The zero-order valence-electron chi connectivity index (χ0n) is 20.5. The Kier molecular flexibility index (Phi) is 8.05. The van der Waals surface area contributed by atoms with Crippen molar-refractivity contribution < 1.29 is 28.9 Å². The summed E-state index contributed by atoms with van der Waals surface area (Å²) in [5, 5.41) is 27.4. The van der Waals surface area contributed by atoms with Crippen molar-refractivity contribution >= 4 is 23.5 Å². The molecule has 3 aromatic rings. The molecule has 3 rings (SSSR count). The molecule has 1 aromatic heterocycles. The average molecular weight is 518 g/mol. The number of carboxylic acid groups (broad SMARTS) is 1. The highest BCUT2D eigenvalue weighted by atomic mass is 35.5. The molecule has 192 valence electrons. The van der Waals surface area contributed by atoms with Crippen LogP contribution in [0, 0.1) is 11.2 Å². The van der Waals surface area contributed by atoms with E-state index in [0.717, 1.165) is 0 Å². The summed E-state index contributed by atoms with van der Waals surface area (Å²) in [6.07, 6.45) is -0.405. The fraction of sp³-hybridized carbons (Fsp3) is 0.346. The van der Waals surface area contributed by atoms with Crippen LogP contribution >= 0.6 is 11.6 Å². The number of carboxylic acids is 1. The van der Waals surface area contributed by atoms with Gasteiger partial charge in [0.2, 0.25) is 5.88 Å². The van der Waals surface area contributed by atoms with Crippen LogP contribution in [-0.4, -0.2) is 44.1 Å². The molecule has 2 atom stereocenters. The minimum absolute atomic E-state index is 0.0906. The zero-order chi connectivity index (χ0) is 26.7. The zero-order valence-corrected chi connectivity index (χ0v) is 21.2. The summed E-state index contributed by atoms with van der Waals surface area (Å²) in [4.78, 5) is 24.6. The molecule has 3 N–H and O–H groups in total. The van der Waals surface area contributed by atoms with E-state index in [-0.39, 0.29) is 18.2 Å². The maximum absolute atomic E-state index is 13.9. The van der Waals surface area contributed by atoms with E-state index in [1.165, 1.54) is 28.9 Å². The summed E-state index contributed by atoms with van der Waals surface area (Å²) in [5.41, 5.74) is -1.10. The molecular weight excluding hydrogens is 489 g/mol. The fourth-order valence-corrected chi connectivity index (χ4v) is 3.47. The van der Waals surface area contributed by atoms with Gasteiger partial charge in [-0.2, -0.15) is 5.10 Å². The van der Waals surface area contributed by atoms with Crippen LogP contribution in [0.1, 0.15) is 56.2 Å². The minimum Gasteiger partial charge on any atom is -0.481 e. The first-order chi connectivity index (χ1) is 16.8. The standard InChI is InChI=1S/C26H29ClFN3O5/c1-25(2,3)26(4,35)15-36-22-13-21(30-31(22)17-9-7-8-16(28)12-17)24(34)29-20(14-23(32)33)18-10-5-6-11-19(18)27/h5-13,20,35H,14-15H2,1-4H3,(H,29,34)(H,32,33). The number of aliphatic hydroxyl groups is 1. The molecule has 0 aliphatic carbocycles. The summed E-state index contributed by atoms with van der Waals surface area (Å²) < 4.78 is 21.0. The topological polar surface area (TPSA) is 114 Å². The number of aliphatic carboxylic acids is 1. The first kappa shape index (κ1) is 27.2. The molecule has 0 spiro atoms. The Balaban J connectivity index is 1.95. The van der Waals surface area contributed by atoms with Crippen molar-refractivity contribution in [3.8, 4) is 11.6 Å². The van der Waals surface area contributed by atoms with Crippen LogP contribution in [0.15, 0.2) is 54.6 Å². The van der Waals surface area contributed by atoms with E-state index >= 15 is 0 Å². The number of nitrogens with zero attached hydrogens (tertiary/aromatic N) is 2. The van der Waals surface area contributed by atoms with Gasteiger partial charge < -0.3 is 20.3 Å². The van der Waals surface area contributed by atoms with Gasteiger partial charge >= 0.3 is 5.97 Å². The number of carbonyl (C=O) groups is 2. The second-order valence-corrected chi connectivity index (χ2v) is 10.1. The third-order valence-corrected chi connectivity index (χ3v) is 6.39. The third-order valence-electron chi connectivity index (χ3n) is 6.04. The maximum atomic E-state index is 13.9. The smallest absolute Gasteiger partial charge is 0.305 e. The number of aromatic nitrogens is 2. The Morgan fingerprint density at radius 2 is 1.83 bits per heavy atom. The predicted octanol–water partition coefficient (Wildman–Crippen LogP) is 4.79. The molecule has 0 saturated carbocycles. The van der Waals surface area contributed by atoms with Gasteiger partial charge in [0.1, 0.15) is 18.0 Å². The molecule has 0 saturated heterocycles. The molecule has 36 heavy (non-hydrogen) atoms. The van der Waals surface area contributed by atoms with Crippen molar-refractivity contribution in [3.05, 3.63) is 76.7 Å². The monoisotopic (exact) mass is 517 g/mol. The van der Waals surface area contributed by atoms with E-state index in [1.807, 2.05) is 20.8 Å². The van der Waals surface area contributed by atoms with Crippen LogP contribution in [0.25, 0.3) is 5.69 Å². The number of hydrogen-bond donors (Lipinski definition) is 3. The molecule has 0 aliphatic rings. The Labute approximate surface area is 213 Å².